The molecule has 1 aromatic rings. The number of aromatic nitrogens is 1. The molecule has 2 rings (SSSR count). The van der Waals surface area contributed by atoms with E-state index in [4.69, 9.17) is 4.74 Å². The maximum atomic E-state index is 10.8. The Labute approximate surface area is 151 Å². The number of guanidine groups is 1. The zero-order valence-electron chi connectivity index (χ0n) is 11.7. The van der Waals surface area contributed by atoms with E-state index in [1.165, 1.54) is 16.0 Å². The van der Waals surface area contributed by atoms with E-state index in [1.807, 2.05) is 0 Å². The minimum Gasteiger partial charge on any atom is -0.742 e. The zero-order chi connectivity index (χ0) is 15.6. The molecule has 0 atom stereocenters. The third-order valence-corrected chi connectivity index (χ3v) is 4.59. The number of ether oxygens (including phenoxy) is 1. The maximum absolute atomic E-state index is 10.8. The average Bonchev–Trinajstić information content (AvgIpc) is 2.81. The summed E-state index contributed by atoms with van der Waals surface area (Å²) in [6.07, 6.45) is 1.23. The van der Waals surface area contributed by atoms with Gasteiger partial charge in [0.1, 0.15) is 18.6 Å². The summed E-state index contributed by atoms with van der Waals surface area (Å²) in [6.45, 7) is 0.282. The van der Waals surface area contributed by atoms with Crippen LogP contribution in [0, 0.1) is 10.1 Å². The van der Waals surface area contributed by atoms with Gasteiger partial charge in [0, 0.05) is 18.1 Å². The van der Waals surface area contributed by atoms with Crippen LogP contribution in [0.2, 0.25) is 0 Å². The average molecular weight is 359 g/mol. The second kappa shape index (κ2) is 7.63. The van der Waals surface area contributed by atoms with Crippen LogP contribution in [0.1, 0.15) is 4.88 Å². The van der Waals surface area contributed by atoms with Gasteiger partial charge in [-0.2, -0.15) is 0 Å². The largest absolute Gasteiger partial charge is 1.00 e. The van der Waals surface area contributed by atoms with Crippen molar-refractivity contribution in [1.29, 1.82) is 0 Å². The smallest absolute Gasteiger partial charge is 0.742 e. The molecule has 1 saturated heterocycles. The third-order valence-electron chi connectivity index (χ3n) is 2.42. The third kappa shape index (κ3) is 4.84. The molecule has 0 bridgehead atoms. The van der Waals surface area contributed by atoms with Crippen molar-refractivity contribution >= 4 is 27.4 Å². The van der Waals surface area contributed by atoms with Crippen LogP contribution in [0.15, 0.2) is 15.6 Å². The van der Waals surface area contributed by atoms with Crippen molar-refractivity contribution in [2.24, 2.45) is 5.10 Å². The quantitative estimate of drug-likeness (QED) is 0.229. The number of hydrazone groups is 1. The molecule has 0 N–H and O–H groups in total. The summed E-state index contributed by atoms with van der Waals surface area (Å²) < 4.78 is 37.2. The Morgan fingerprint density at radius 3 is 2.77 bits per heavy atom. The molecule has 0 spiro atoms. The Kier molecular flexibility index (Phi) is 6.66. The van der Waals surface area contributed by atoms with Gasteiger partial charge in [-0.15, -0.1) is 11.3 Å². The molecule has 11 nitrogen and oxygen atoms in total. The van der Waals surface area contributed by atoms with Gasteiger partial charge in [-0.05, 0) is 0 Å². The maximum Gasteiger partial charge on any atom is 1.00 e. The van der Waals surface area contributed by atoms with Gasteiger partial charge < -0.3 is 19.1 Å². The Balaban J connectivity index is 0.00000242. The number of hydrogen-bond donors (Lipinski definition) is 0. The molecular formula is C8H10N5NaO6S2. The van der Waals surface area contributed by atoms with Gasteiger partial charge in [-0.1, -0.05) is 0 Å². The van der Waals surface area contributed by atoms with Crippen molar-refractivity contribution in [3.05, 3.63) is 21.2 Å². The van der Waals surface area contributed by atoms with E-state index in [9.17, 15) is 23.1 Å². The van der Waals surface area contributed by atoms with Gasteiger partial charge >= 0.3 is 29.6 Å². The van der Waals surface area contributed by atoms with Gasteiger partial charge in [-0.3, -0.25) is 0 Å². The second-order valence-electron chi connectivity index (χ2n) is 4.04. The molecule has 1 aliphatic rings. The molecule has 0 aliphatic carbocycles. The summed E-state index contributed by atoms with van der Waals surface area (Å²) in [5, 5.41) is 13.0. The first-order chi connectivity index (χ1) is 9.77. The van der Waals surface area contributed by atoms with Crippen LogP contribution in [0.3, 0.4) is 0 Å². The Morgan fingerprint density at radius 1 is 1.55 bits per heavy atom. The van der Waals surface area contributed by atoms with Crippen LogP contribution < -0.4 is 29.6 Å². The molecule has 1 fully saturated rings. The van der Waals surface area contributed by atoms with Crippen LogP contribution in [-0.4, -0.2) is 59.3 Å². The summed E-state index contributed by atoms with van der Waals surface area (Å²) in [7, 11) is -3.04. The first-order valence-corrected chi connectivity index (χ1v) is 7.67. The monoisotopic (exact) mass is 359 g/mol. The molecule has 2 heterocycles. The summed E-state index contributed by atoms with van der Waals surface area (Å²) >= 11 is 0.703. The Bertz CT molecular complexity index is 676. The van der Waals surface area contributed by atoms with E-state index in [2.05, 4.69) is 10.1 Å². The van der Waals surface area contributed by atoms with Crippen LogP contribution in [0.25, 0.3) is 0 Å². The molecule has 0 amide bonds. The van der Waals surface area contributed by atoms with E-state index >= 15 is 0 Å². The van der Waals surface area contributed by atoms with Gasteiger partial charge in [-0.25, -0.2) is 23.5 Å². The number of nitrogens with zero attached hydrogens (tertiary/aromatic N) is 5. The van der Waals surface area contributed by atoms with E-state index in [0.717, 1.165) is 0 Å². The van der Waals surface area contributed by atoms with Gasteiger partial charge in [0.15, 0.2) is 19.5 Å². The Hall–Kier alpha value is -0.830. The molecular weight excluding hydrogens is 349 g/mol. The van der Waals surface area contributed by atoms with Crippen molar-refractivity contribution in [1.82, 2.24) is 14.8 Å². The number of hydrogen-bond acceptors (Lipinski definition) is 8. The molecule has 1 aromatic heterocycles. The second-order valence-corrected chi connectivity index (χ2v) is 6.71. The van der Waals surface area contributed by atoms with E-state index < -0.39 is 19.5 Å². The predicted molar refractivity (Wildman–Crippen MR) is 68.6 cm³/mol. The number of nitro groups is 1. The fourth-order valence-electron chi connectivity index (χ4n) is 1.64. The summed E-state index contributed by atoms with van der Waals surface area (Å²) in [4.78, 5) is 17.4. The van der Waals surface area contributed by atoms with Crippen molar-refractivity contribution in [3.8, 4) is 0 Å². The number of thiazole rings is 1. The zero-order valence-corrected chi connectivity index (χ0v) is 15.3. The molecule has 0 unspecified atom stereocenters. The topological polar surface area (TPSA) is 141 Å². The van der Waals surface area contributed by atoms with E-state index in [0.29, 0.717) is 16.2 Å². The fraction of sp³-hybridized carbons (Fsp3) is 0.500. The van der Waals surface area contributed by atoms with Gasteiger partial charge in [0.25, 0.3) is 5.96 Å². The summed E-state index contributed by atoms with van der Waals surface area (Å²) in [5.74, 6) is 0.0752. The van der Waals surface area contributed by atoms with Crippen LogP contribution in [-0.2, 0) is 21.4 Å². The van der Waals surface area contributed by atoms with E-state index in [-0.39, 0.29) is 55.5 Å². The molecule has 0 radical (unpaired) electrons. The van der Waals surface area contributed by atoms with Crippen LogP contribution in [0.4, 0.5) is 0 Å². The molecule has 116 valence electrons. The predicted octanol–water partition coefficient (Wildman–Crippen LogP) is -3.72. The van der Waals surface area contributed by atoms with Gasteiger partial charge in [0.2, 0.25) is 0 Å². The van der Waals surface area contributed by atoms with E-state index in [1.54, 1.807) is 7.05 Å². The first-order valence-electron chi connectivity index (χ1n) is 5.45. The molecule has 22 heavy (non-hydrogen) atoms. The van der Waals surface area contributed by atoms with Crippen molar-refractivity contribution in [2.45, 2.75) is 10.9 Å². The summed E-state index contributed by atoms with van der Waals surface area (Å²) in [6, 6.07) is 0. The molecule has 0 aromatic carbocycles. The van der Waals surface area contributed by atoms with Crippen LogP contribution in [0.5, 0.6) is 0 Å². The van der Waals surface area contributed by atoms with Crippen molar-refractivity contribution in [2.75, 3.05) is 20.5 Å². The summed E-state index contributed by atoms with van der Waals surface area (Å²) in [5.41, 5.74) is 0. The fourth-order valence-corrected chi connectivity index (χ4v) is 3.21. The first kappa shape index (κ1) is 19.2. The van der Waals surface area contributed by atoms with Crippen LogP contribution >= 0.6 is 11.3 Å². The normalized spacial score (nSPS) is 17.5. The molecule has 1 aliphatic heterocycles. The number of rotatable bonds is 4. The molecule has 0 saturated carbocycles. The Morgan fingerprint density at radius 2 is 2.23 bits per heavy atom. The molecule has 14 heteroatoms. The SMILES string of the molecule is CN1COCN(Cc2cnc(S(=O)(=O)[O-])s2)C1=N[N+](=O)[O-].[Na+]. The standard InChI is InChI=1S/C8H11N5O6S2.Na/c1-11-4-19-5-12(7(11)10-13(14)15)3-6-2-9-8(20-6)21(16,17)18;/h2H,3-5H2,1H3,(H,16,17,18);/q;+1/p-1. The van der Waals surface area contributed by atoms with Crippen molar-refractivity contribution in [3.63, 3.8) is 0 Å². The van der Waals surface area contributed by atoms with Crippen molar-refractivity contribution < 1.29 is 52.3 Å². The minimum absolute atomic E-state index is 0. The minimum atomic E-state index is -4.61. The van der Waals surface area contributed by atoms with Gasteiger partial charge in [0.05, 0.1) is 6.54 Å².